The highest BCUT2D eigenvalue weighted by Crippen LogP contribution is 2.21. The normalized spacial score (nSPS) is 16.6. The second-order valence-electron chi connectivity index (χ2n) is 7.51. The van der Waals surface area contributed by atoms with Crippen LogP contribution in [0.5, 0.6) is 0 Å². The van der Waals surface area contributed by atoms with Crippen LogP contribution < -0.4 is 10.9 Å². The molecule has 5 rings (SSSR count). The molecule has 0 saturated carbocycles. The van der Waals surface area contributed by atoms with Gasteiger partial charge in [-0.25, -0.2) is 9.78 Å². The summed E-state index contributed by atoms with van der Waals surface area (Å²) in [5.74, 6) is -0.323. The van der Waals surface area contributed by atoms with Gasteiger partial charge in [0.25, 0.3) is 11.5 Å². The average Bonchev–Trinajstić information content (AvgIpc) is 3.24. The van der Waals surface area contributed by atoms with Gasteiger partial charge in [0, 0.05) is 35.8 Å². The molecule has 0 spiro atoms. The fraction of sp³-hybridized carbons (Fsp3) is 0.182. The topological polar surface area (TPSA) is 99.6 Å². The zero-order valence-electron chi connectivity index (χ0n) is 16.3. The van der Waals surface area contributed by atoms with Gasteiger partial charge >= 0.3 is 6.03 Å². The van der Waals surface area contributed by atoms with Gasteiger partial charge in [-0.15, -0.1) is 0 Å². The van der Waals surface area contributed by atoms with Crippen molar-refractivity contribution >= 4 is 28.5 Å². The summed E-state index contributed by atoms with van der Waals surface area (Å²) < 4.78 is 1.43. The number of nitrogens with one attached hydrogen (secondary N) is 2. The van der Waals surface area contributed by atoms with Crippen molar-refractivity contribution in [1.82, 2.24) is 24.6 Å². The fourth-order valence-electron chi connectivity index (χ4n) is 3.88. The summed E-state index contributed by atoms with van der Waals surface area (Å²) in [5, 5.41) is 3.78. The molecular formula is C22H19N5O3. The first-order valence-corrected chi connectivity index (χ1v) is 9.65. The smallest absolute Gasteiger partial charge is 0.325 e. The third-order valence-electron chi connectivity index (χ3n) is 5.40. The van der Waals surface area contributed by atoms with Crippen LogP contribution in [-0.2, 0) is 17.8 Å². The number of hydrogen-bond donors (Lipinski definition) is 2. The summed E-state index contributed by atoms with van der Waals surface area (Å²) in [7, 11) is 0. The van der Waals surface area contributed by atoms with Crippen LogP contribution in [0.4, 0.5) is 4.79 Å². The molecule has 1 aromatic carbocycles. The van der Waals surface area contributed by atoms with Crippen molar-refractivity contribution in [2.45, 2.75) is 25.9 Å². The van der Waals surface area contributed by atoms with E-state index in [0.29, 0.717) is 17.8 Å². The first-order chi connectivity index (χ1) is 14.5. The lowest BCUT2D eigenvalue weighted by Gasteiger charge is -2.13. The number of hydrogen-bond acceptors (Lipinski definition) is 4. The molecule has 4 heterocycles. The van der Waals surface area contributed by atoms with Gasteiger partial charge in [-0.1, -0.05) is 18.2 Å². The highest BCUT2D eigenvalue weighted by Gasteiger charge is 2.38. The summed E-state index contributed by atoms with van der Waals surface area (Å²) in [5.41, 5.74) is 3.52. The van der Waals surface area contributed by atoms with Gasteiger partial charge in [0.05, 0.1) is 12.2 Å². The molecule has 1 saturated heterocycles. The van der Waals surface area contributed by atoms with Crippen LogP contribution in [0.2, 0.25) is 0 Å². The van der Waals surface area contributed by atoms with Crippen molar-refractivity contribution in [3.63, 3.8) is 0 Å². The van der Waals surface area contributed by atoms with E-state index in [1.165, 1.54) is 10.5 Å². The number of carbonyl (C=O) groups is 2. The Kier molecular flexibility index (Phi) is 4.13. The highest BCUT2D eigenvalue weighted by atomic mass is 16.2. The number of pyridine rings is 1. The summed E-state index contributed by atoms with van der Waals surface area (Å²) in [6.07, 6.45) is 3.91. The summed E-state index contributed by atoms with van der Waals surface area (Å²) in [4.78, 5) is 46.5. The van der Waals surface area contributed by atoms with E-state index in [2.05, 4.69) is 15.3 Å². The predicted molar refractivity (Wildman–Crippen MR) is 111 cm³/mol. The second kappa shape index (κ2) is 6.84. The lowest BCUT2D eigenvalue weighted by Crippen LogP contribution is -2.32. The van der Waals surface area contributed by atoms with Gasteiger partial charge in [-0.2, -0.15) is 0 Å². The van der Waals surface area contributed by atoms with E-state index in [1.807, 2.05) is 43.5 Å². The van der Waals surface area contributed by atoms with E-state index >= 15 is 0 Å². The Morgan fingerprint density at radius 3 is 2.80 bits per heavy atom. The minimum absolute atomic E-state index is 0.0469. The number of para-hydroxylation sites is 1. The zero-order valence-corrected chi connectivity index (χ0v) is 16.3. The zero-order chi connectivity index (χ0) is 20.8. The third-order valence-corrected chi connectivity index (χ3v) is 5.40. The molecule has 3 aromatic heterocycles. The van der Waals surface area contributed by atoms with Crippen LogP contribution in [0.15, 0.2) is 59.7 Å². The van der Waals surface area contributed by atoms with Crippen LogP contribution in [0.3, 0.4) is 0 Å². The maximum Gasteiger partial charge on any atom is 0.325 e. The lowest BCUT2D eigenvalue weighted by atomic mass is 10.1. The summed E-state index contributed by atoms with van der Waals surface area (Å²) in [6.45, 7) is 1.86. The van der Waals surface area contributed by atoms with Crippen molar-refractivity contribution in [3.8, 4) is 0 Å². The van der Waals surface area contributed by atoms with E-state index < -0.39 is 12.1 Å². The molecule has 0 bridgehead atoms. The number of nitrogens with zero attached hydrogens (tertiary/aromatic N) is 3. The minimum atomic E-state index is -0.652. The molecule has 4 aromatic rings. The summed E-state index contributed by atoms with van der Waals surface area (Å²) in [6, 6.07) is 11.7. The molecular weight excluding hydrogens is 382 g/mol. The van der Waals surface area contributed by atoms with Crippen LogP contribution >= 0.6 is 0 Å². The molecule has 8 nitrogen and oxygen atoms in total. The Morgan fingerprint density at radius 1 is 1.10 bits per heavy atom. The third kappa shape index (κ3) is 3.02. The standard InChI is InChI=1S/C22H19N5O3/c1-13-6-7-26-19(8-13)24-15(10-20(26)28)12-27-21(29)18(25-22(27)30)9-14-11-23-17-5-3-2-4-16(14)17/h2-8,10-11,18,23H,9,12H2,1H3,(H,25,30). The molecule has 1 aliphatic heterocycles. The molecule has 8 heteroatoms. The molecule has 0 radical (unpaired) electrons. The predicted octanol–water partition coefficient (Wildman–Crippen LogP) is 2.15. The first-order valence-electron chi connectivity index (χ1n) is 9.65. The molecule has 3 amide bonds. The van der Waals surface area contributed by atoms with Gasteiger partial charge in [0.2, 0.25) is 0 Å². The number of benzene rings is 1. The average molecular weight is 401 g/mol. The molecule has 0 aliphatic carbocycles. The van der Waals surface area contributed by atoms with Crippen LogP contribution in [0.1, 0.15) is 16.8 Å². The Hall–Kier alpha value is -3.94. The molecule has 1 fully saturated rings. The Bertz CT molecular complexity index is 1370. The number of rotatable bonds is 4. The van der Waals surface area contributed by atoms with E-state index in [0.717, 1.165) is 26.9 Å². The van der Waals surface area contributed by atoms with Gasteiger partial charge < -0.3 is 10.3 Å². The van der Waals surface area contributed by atoms with Crippen LogP contribution in [-0.4, -0.2) is 37.2 Å². The van der Waals surface area contributed by atoms with Gasteiger partial charge in [-0.3, -0.25) is 18.9 Å². The number of carbonyl (C=O) groups excluding carboxylic acids is 2. The monoisotopic (exact) mass is 401 g/mol. The number of urea groups is 1. The van der Waals surface area contributed by atoms with Crippen LogP contribution in [0.25, 0.3) is 16.6 Å². The number of fused-ring (bicyclic) bond motifs is 2. The van der Waals surface area contributed by atoms with Crippen molar-refractivity contribution < 1.29 is 9.59 Å². The number of amides is 3. The highest BCUT2D eigenvalue weighted by molar-refractivity contribution is 6.04. The van der Waals surface area contributed by atoms with Crippen molar-refractivity contribution in [2.75, 3.05) is 0 Å². The number of aromatic amines is 1. The largest absolute Gasteiger partial charge is 0.361 e. The minimum Gasteiger partial charge on any atom is -0.361 e. The SMILES string of the molecule is Cc1ccn2c(=O)cc(CN3C(=O)NC(Cc4c[nH]c5ccccc45)C3=O)nc2c1. The number of aryl methyl sites for hydroxylation is 1. The molecule has 150 valence electrons. The maximum atomic E-state index is 12.9. The van der Waals surface area contributed by atoms with E-state index in [9.17, 15) is 14.4 Å². The first kappa shape index (κ1) is 18.1. The quantitative estimate of drug-likeness (QED) is 0.512. The Labute approximate surface area is 171 Å². The van der Waals surface area contributed by atoms with Gasteiger partial charge in [0.1, 0.15) is 11.7 Å². The molecule has 30 heavy (non-hydrogen) atoms. The van der Waals surface area contributed by atoms with Crippen molar-refractivity contribution in [2.24, 2.45) is 0 Å². The fourth-order valence-corrected chi connectivity index (χ4v) is 3.88. The lowest BCUT2D eigenvalue weighted by molar-refractivity contribution is -0.127. The van der Waals surface area contributed by atoms with E-state index in [-0.39, 0.29) is 18.0 Å². The van der Waals surface area contributed by atoms with E-state index in [4.69, 9.17) is 0 Å². The van der Waals surface area contributed by atoms with Gasteiger partial charge in [0.15, 0.2) is 0 Å². The van der Waals surface area contributed by atoms with Crippen LogP contribution in [0, 0.1) is 6.92 Å². The molecule has 1 aliphatic rings. The second-order valence-corrected chi connectivity index (χ2v) is 7.51. The Morgan fingerprint density at radius 2 is 1.93 bits per heavy atom. The number of aromatic nitrogens is 3. The molecule has 2 N–H and O–H groups in total. The van der Waals surface area contributed by atoms with Gasteiger partial charge in [-0.05, 0) is 36.2 Å². The van der Waals surface area contributed by atoms with E-state index in [1.54, 1.807) is 12.3 Å². The van der Waals surface area contributed by atoms with Crippen molar-refractivity contribution in [1.29, 1.82) is 0 Å². The number of H-pyrrole nitrogens is 1. The molecule has 1 atom stereocenters. The number of imide groups is 1. The molecule has 1 unspecified atom stereocenters. The summed E-state index contributed by atoms with van der Waals surface area (Å²) >= 11 is 0. The Balaban J connectivity index is 1.39. The van der Waals surface area contributed by atoms with Crippen molar-refractivity contribution in [3.05, 3.63) is 82.0 Å². The maximum absolute atomic E-state index is 12.9.